The predicted molar refractivity (Wildman–Crippen MR) is 362 cm³/mol. The Morgan fingerprint density at radius 1 is 0.253 bits per heavy atom. The Labute approximate surface area is 514 Å². The number of carbonyl (C=O) groups excluding carboxylic acids is 3. The van der Waals surface area contributed by atoms with Crippen molar-refractivity contribution >= 4 is 17.9 Å². The standard InChI is InChI=1S/C77H132O6/c1-4-7-10-13-16-19-22-25-28-30-32-34-35-36-37-38-39-40-41-43-44-46-49-52-55-58-61-64-67-70-76(79)82-73-74(72-81-75(78)69-66-63-60-57-54-51-48-27-24-21-18-15-12-9-6-3)83-77(80)71-68-65-62-59-56-53-50-47-45-42-33-31-29-26-23-20-17-14-11-8-5-2/h7,9-10,12,16,18-19,21,25,27-28,32,34,36-37,39-40,48,74H,4-6,8,11,13-15,17,20,22-24,26,29-31,33,35,38,41-47,49-73H2,1-3H3/b10-7-,12-9-,19-16-,21-18-,28-25-,34-32-,37-36-,40-39-,48-27-. The van der Waals surface area contributed by atoms with Crippen molar-refractivity contribution < 1.29 is 28.6 Å². The van der Waals surface area contributed by atoms with Crippen LogP contribution in [0.5, 0.6) is 0 Å². The highest BCUT2D eigenvalue weighted by atomic mass is 16.6. The normalized spacial score (nSPS) is 12.8. The van der Waals surface area contributed by atoms with Gasteiger partial charge in [0.25, 0.3) is 0 Å². The second-order valence-electron chi connectivity index (χ2n) is 23.4. The number of esters is 3. The van der Waals surface area contributed by atoms with E-state index in [0.717, 1.165) is 135 Å². The molecular weight excluding hydrogens is 1020 g/mol. The second-order valence-corrected chi connectivity index (χ2v) is 23.4. The van der Waals surface area contributed by atoms with Crippen LogP contribution in [0.2, 0.25) is 0 Å². The van der Waals surface area contributed by atoms with Crippen molar-refractivity contribution in [2.24, 2.45) is 0 Å². The van der Waals surface area contributed by atoms with Gasteiger partial charge in [0, 0.05) is 19.3 Å². The fourth-order valence-corrected chi connectivity index (χ4v) is 10.1. The summed E-state index contributed by atoms with van der Waals surface area (Å²) in [4.78, 5) is 38.5. The molecule has 0 aromatic heterocycles. The molecule has 0 fully saturated rings. The zero-order valence-electron chi connectivity index (χ0n) is 54.7. The third-order valence-corrected chi connectivity index (χ3v) is 15.3. The van der Waals surface area contributed by atoms with E-state index in [1.165, 1.54) is 167 Å². The molecule has 83 heavy (non-hydrogen) atoms. The molecule has 6 heteroatoms. The number of allylic oxidation sites excluding steroid dienone is 18. The molecule has 1 unspecified atom stereocenters. The number of hydrogen-bond acceptors (Lipinski definition) is 6. The molecule has 0 rings (SSSR count). The molecule has 0 bridgehead atoms. The van der Waals surface area contributed by atoms with Crippen LogP contribution in [0.3, 0.4) is 0 Å². The Morgan fingerprint density at radius 3 is 0.735 bits per heavy atom. The van der Waals surface area contributed by atoms with E-state index < -0.39 is 6.10 Å². The number of unbranched alkanes of at least 4 members (excludes halogenated alkanes) is 35. The smallest absolute Gasteiger partial charge is 0.306 e. The van der Waals surface area contributed by atoms with Crippen LogP contribution in [0.25, 0.3) is 0 Å². The Bertz CT molecular complexity index is 1660. The molecule has 0 heterocycles. The summed E-state index contributed by atoms with van der Waals surface area (Å²) in [5, 5.41) is 0. The van der Waals surface area contributed by atoms with Gasteiger partial charge >= 0.3 is 17.9 Å². The van der Waals surface area contributed by atoms with Gasteiger partial charge in [-0.2, -0.15) is 0 Å². The molecule has 476 valence electrons. The molecule has 1 atom stereocenters. The minimum atomic E-state index is -0.789. The first-order valence-electron chi connectivity index (χ1n) is 35.4. The fourth-order valence-electron chi connectivity index (χ4n) is 10.1. The van der Waals surface area contributed by atoms with E-state index in [9.17, 15) is 14.4 Å². The lowest BCUT2D eigenvalue weighted by atomic mass is 10.0. The summed E-state index contributed by atoms with van der Waals surface area (Å²) in [6.45, 7) is 6.44. The SMILES string of the molecule is CC/C=C\C/C=C\C/C=C\C/C=C\C/C=C\C/C=C\CCCCCCCCCCCCC(=O)OCC(COC(=O)CCCCCCC/C=C\C/C=C\C/C=C\CC)OC(=O)CCCCCCCCCCCCCCCCCCCCCCC. The molecule has 0 saturated heterocycles. The van der Waals surface area contributed by atoms with E-state index in [1.54, 1.807) is 0 Å². The summed E-state index contributed by atoms with van der Waals surface area (Å²) in [5.41, 5.74) is 0. The van der Waals surface area contributed by atoms with Gasteiger partial charge in [-0.3, -0.25) is 14.4 Å². The molecular formula is C77H132O6. The quantitative estimate of drug-likeness (QED) is 0.0261. The number of hydrogen-bond donors (Lipinski definition) is 0. The van der Waals surface area contributed by atoms with Crippen LogP contribution in [0.15, 0.2) is 109 Å². The summed E-state index contributed by atoms with van der Waals surface area (Å²) in [7, 11) is 0. The van der Waals surface area contributed by atoms with Crippen molar-refractivity contribution in [1.29, 1.82) is 0 Å². The lowest BCUT2D eigenvalue weighted by molar-refractivity contribution is -0.167. The Kier molecular flexibility index (Phi) is 67.2. The molecule has 0 aromatic rings. The molecule has 0 N–H and O–H groups in total. The van der Waals surface area contributed by atoms with Crippen LogP contribution >= 0.6 is 0 Å². The van der Waals surface area contributed by atoms with Crippen LogP contribution in [0.1, 0.15) is 342 Å². The van der Waals surface area contributed by atoms with E-state index in [1.807, 2.05) is 0 Å². The lowest BCUT2D eigenvalue weighted by Crippen LogP contribution is -2.30. The first-order valence-corrected chi connectivity index (χ1v) is 35.4. The largest absolute Gasteiger partial charge is 0.462 e. The molecule has 0 aliphatic rings. The van der Waals surface area contributed by atoms with Gasteiger partial charge in [-0.25, -0.2) is 0 Å². The van der Waals surface area contributed by atoms with E-state index in [0.29, 0.717) is 19.3 Å². The number of ether oxygens (including phenoxy) is 3. The average molecular weight is 1150 g/mol. The van der Waals surface area contributed by atoms with Crippen LogP contribution in [-0.2, 0) is 28.6 Å². The van der Waals surface area contributed by atoms with Crippen molar-refractivity contribution in [3.8, 4) is 0 Å². The van der Waals surface area contributed by atoms with Gasteiger partial charge in [0.05, 0.1) is 0 Å². The van der Waals surface area contributed by atoms with Gasteiger partial charge in [-0.05, 0) is 103 Å². The second kappa shape index (κ2) is 70.6. The molecule has 0 aliphatic carbocycles. The highest BCUT2D eigenvalue weighted by Crippen LogP contribution is 2.18. The van der Waals surface area contributed by atoms with E-state index in [2.05, 4.69) is 130 Å². The minimum Gasteiger partial charge on any atom is -0.462 e. The minimum absolute atomic E-state index is 0.0837. The molecule has 0 saturated carbocycles. The van der Waals surface area contributed by atoms with Crippen molar-refractivity contribution in [2.45, 2.75) is 348 Å². The highest BCUT2D eigenvalue weighted by Gasteiger charge is 2.19. The van der Waals surface area contributed by atoms with Crippen LogP contribution in [0.4, 0.5) is 0 Å². The molecule has 0 aromatic carbocycles. The van der Waals surface area contributed by atoms with Gasteiger partial charge in [0.2, 0.25) is 0 Å². The molecule has 0 aliphatic heterocycles. The van der Waals surface area contributed by atoms with E-state index >= 15 is 0 Å². The summed E-state index contributed by atoms with van der Waals surface area (Å²) in [5.74, 6) is -0.889. The Hall–Kier alpha value is -3.93. The Morgan fingerprint density at radius 2 is 0.470 bits per heavy atom. The predicted octanol–water partition coefficient (Wildman–Crippen LogP) is 24.6. The van der Waals surface area contributed by atoms with Crippen molar-refractivity contribution in [2.75, 3.05) is 13.2 Å². The van der Waals surface area contributed by atoms with Gasteiger partial charge in [0.1, 0.15) is 13.2 Å². The zero-order chi connectivity index (χ0) is 59.9. The maximum atomic E-state index is 13.0. The van der Waals surface area contributed by atoms with Crippen molar-refractivity contribution in [1.82, 2.24) is 0 Å². The fraction of sp³-hybridized carbons (Fsp3) is 0.727. The van der Waals surface area contributed by atoms with E-state index in [4.69, 9.17) is 14.2 Å². The third kappa shape index (κ3) is 68.7. The molecule has 0 spiro atoms. The summed E-state index contributed by atoms with van der Waals surface area (Å²) >= 11 is 0. The van der Waals surface area contributed by atoms with Crippen LogP contribution < -0.4 is 0 Å². The van der Waals surface area contributed by atoms with Gasteiger partial charge < -0.3 is 14.2 Å². The topological polar surface area (TPSA) is 78.9 Å². The lowest BCUT2D eigenvalue weighted by Gasteiger charge is -2.18. The van der Waals surface area contributed by atoms with Gasteiger partial charge in [-0.15, -0.1) is 0 Å². The monoisotopic (exact) mass is 1150 g/mol. The average Bonchev–Trinajstić information content (AvgIpc) is 3.49. The molecule has 0 amide bonds. The first-order chi connectivity index (χ1) is 41.0. The Balaban J connectivity index is 4.32. The van der Waals surface area contributed by atoms with Crippen molar-refractivity contribution in [3.63, 3.8) is 0 Å². The molecule has 6 nitrogen and oxygen atoms in total. The summed E-state index contributed by atoms with van der Waals surface area (Å²) < 4.78 is 17.0. The third-order valence-electron chi connectivity index (χ3n) is 15.3. The van der Waals surface area contributed by atoms with Gasteiger partial charge in [-0.1, -0.05) is 329 Å². The number of carbonyl (C=O) groups is 3. The van der Waals surface area contributed by atoms with Crippen LogP contribution in [-0.4, -0.2) is 37.2 Å². The summed E-state index contributed by atoms with van der Waals surface area (Å²) in [6, 6.07) is 0. The van der Waals surface area contributed by atoms with E-state index in [-0.39, 0.29) is 31.1 Å². The highest BCUT2D eigenvalue weighted by molar-refractivity contribution is 5.71. The summed E-state index contributed by atoms with van der Waals surface area (Å²) in [6.07, 6.45) is 96.8. The maximum absolute atomic E-state index is 13.0. The molecule has 0 radical (unpaired) electrons. The number of rotatable bonds is 64. The van der Waals surface area contributed by atoms with Gasteiger partial charge in [0.15, 0.2) is 6.10 Å². The van der Waals surface area contributed by atoms with Crippen LogP contribution in [0, 0.1) is 0 Å². The maximum Gasteiger partial charge on any atom is 0.306 e. The first kappa shape index (κ1) is 79.1. The zero-order valence-corrected chi connectivity index (χ0v) is 54.7. The van der Waals surface area contributed by atoms with Crippen molar-refractivity contribution in [3.05, 3.63) is 109 Å².